The second-order valence-electron chi connectivity index (χ2n) is 5.49. The second-order valence-corrected chi connectivity index (χ2v) is 5.49. The van der Waals surface area contributed by atoms with E-state index in [2.05, 4.69) is 43.0 Å². The standard InChI is InChI=1S/C15H25N3O/c1-7-9-10-19-13-11(3)12(16-8-2)17-14(18-13)15(4,5)6/h7,9H,8,10H2,1-6H3,(H,16,17,18)/b9-7+. The molecule has 1 aromatic heterocycles. The highest BCUT2D eigenvalue weighted by Gasteiger charge is 2.21. The Morgan fingerprint density at radius 2 is 1.95 bits per heavy atom. The minimum Gasteiger partial charge on any atom is -0.473 e. The fourth-order valence-corrected chi connectivity index (χ4v) is 1.53. The second kappa shape index (κ2) is 6.55. The molecule has 0 radical (unpaired) electrons. The van der Waals surface area contributed by atoms with Gasteiger partial charge in [0.05, 0.1) is 5.56 Å². The van der Waals surface area contributed by atoms with E-state index in [0.29, 0.717) is 12.5 Å². The van der Waals surface area contributed by atoms with Crippen molar-refractivity contribution in [2.75, 3.05) is 18.5 Å². The van der Waals surface area contributed by atoms with Crippen LogP contribution in [0.4, 0.5) is 5.82 Å². The molecule has 0 amide bonds. The zero-order valence-electron chi connectivity index (χ0n) is 12.9. The molecular formula is C15H25N3O. The van der Waals surface area contributed by atoms with Crippen LogP contribution in [-0.4, -0.2) is 23.1 Å². The largest absolute Gasteiger partial charge is 0.473 e. The molecule has 0 spiro atoms. The molecule has 1 rings (SSSR count). The van der Waals surface area contributed by atoms with Gasteiger partial charge in [-0.2, -0.15) is 4.98 Å². The summed E-state index contributed by atoms with van der Waals surface area (Å²) < 4.78 is 5.72. The number of allylic oxidation sites excluding steroid dienone is 1. The van der Waals surface area contributed by atoms with E-state index < -0.39 is 0 Å². The van der Waals surface area contributed by atoms with E-state index in [1.54, 1.807) is 0 Å². The van der Waals surface area contributed by atoms with Crippen LogP contribution >= 0.6 is 0 Å². The maximum atomic E-state index is 5.72. The highest BCUT2D eigenvalue weighted by atomic mass is 16.5. The molecule has 0 aliphatic rings. The van der Waals surface area contributed by atoms with E-state index in [4.69, 9.17) is 4.74 Å². The predicted molar refractivity (Wildman–Crippen MR) is 79.9 cm³/mol. The molecule has 0 unspecified atom stereocenters. The van der Waals surface area contributed by atoms with Crippen LogP contribution in [0, 0.1) is 6.92 Å². The first-order valence-corrected chi connectivity index (χ1v) is 6.77. The van der Waals surface area contributed by atoms with Crippen LogP contribution in [-0.2, 0) is 5.41 Å². The topological polar surface area (TPSA) is 47.0 Å². The van der Waals surface area contributed by atoms with Gasteiger partial charge in [0, 0.05) is 12.0 Å². The molecule has 19 heavy (non-hydrogen) atoms. The molecule has 106 valence electrons. The zero-order valence-corrected chi connectivity index (χ0v) is 12.9. The molecule has 4 heteroatoms. The van der Waals surface area contributed by atoms with Gasteiger partial charge in [0.1, 0.15) is 18.2 Å². The quantitative estimate of drug-likeness (QED) is 0.826. The summed E-state index contributed by atoms with van der Waals surface area (Å²) in [5.41, 5.74) is 0.857. The first kappa shape index (κ1) is 15.5. The van der Waals surface area contributed by atoms with E-state index in [-0.39, 0.29) is 5.41 Å². The van der Waals surface area contributed by atoms with Gasteiger partial charge in [-0.1, -0.05) is 32.9 Å². The van der Waals surface area contributed by atoms with Gasteiger partial charge in [-0.3, -0.25) is 0 Å². The Hall–Kier alpha value is -1.58. The molecule has 4 nitrogen and oxygen atoms in total. The van der Waals surface area contributed by atoms with Gasteiger partial charge in [0.25, 0.3) is 0 Å². The Bertz CT molecular complexity index is 447. The number of anilines is 1. The molecule has 0 aromatic carbocycles. The predicted octanol–water partition coefficient (Wildman–Crippen LogP) is 3.47. The summed E-state index contributed by atoms with van der Waals surface area (Å²) in [7, 11) is 0. The highest BCUT2D eigenvalue weighted by molar-refractivity contribution is 5.49. The van der Waals surface area contributed by atoms with Crippen LogP contribution in [0.1, 0.15) is 46.0 Å². The lowest BCUT2D eigenvalue weighted by Gasteiger charge is -2.20. The van der Waals surface area contributed by atoms with Crippen LogP contribution in [0.3, 0.4) is 0 Å². The summed E-state index contributed by atoms with van der Waals surface area (Å²) >= 11 is 0. The zero-order chi connectivity index (χ0) is 14.5. The van der Waals surface area contributed by atoms with Crippen molar-refractivity contribution in [1.29, 1.82) is 0 Å². The van der Waals surface area contributed by atoms with Crippen LogP contribution < -0.4 is 10.1 Å². The first-order valence-electron chi connectivity index (χ1n) is 6.77. The Morgan fingerprint density at radius 1 is 1.26 bits per heavy atom. The van der Waals surface area contributed by atoms with Crippen molar-refractivity contribution in [2.45, 2.75) is 47.0 Å². The molecule has 0 aliphatic heterocycles. The minimum absolute atomic E-state index is 0.101. The van der Waals surface area contributed by atoms with Crippen LogP contribution in [0.5, 0.6) is 5.88 Å². The van der Waals surface area contributed by atoms with Gasteiger partial charge < -0.3 is 10.1 Å². The summed E-state index contributed by atoms with van der Waals surface area (Å²) in [6.07, 6.45) is 3.93. The number of nitrogens with one attached hydrogen (secondary N) is 1. The van der Waals surface area contributed by atoms with Gasteiger partial charge in [-0.05, 0) is 20.8 Å². The molecule has 1 aromatic rings. The van der Waals surface area contributed by atoms with Crippen LogP contribution in [0.25, 0.3) is 0 Å². The Labute approximate surface area is 116 Å². The first-order chi connectivity index (χ1) is 8.90. The number of aromatic nitrogens is 2. The molecule has 0 saturated heterocycles. The van der Waals surface area contributed by atoms with Gasteiger partial charge >= 0.3 is 0 Å². The van der Waals surface area contributed by atoms with Crippen molar-refractivity contribution in [3.05, 3.63) is 23.5 Å². The van der Waals surface area contributed by atoms with E-state index in [1.165, 1.54) is 0 Å². The third kappa shape index (κ3) is 4.23. The lowest BCUT2D eigenvalue weighted by Crippen LogP contribution is -2.19. The molecule has 0 fully saturated rings. The molecule has 0 atom stereocenters. The number of nitrogens with zero attached hydrogens (tertiary/aromatic N) is 2. The minimum atomic E-state index is -0.101. The third-order valence-corrected chi connectivity index (χ3v) is 2.67. The lowest BCUT2D eigenvalue weighted by atomic mass is 9.95. The van der Waals surface area contributed by atoms with Gasteiger partial charge in [0.2, 0.25) is 5.88 Å². The Balaban J connectivity index is 3.16. The van der Waals surface area contributed by atoms with Crippen LogP contribution in [0.15, 0.2) is 12.2 Å². The van der Waals surface area contributed by atoms with Crippen molar-refractivity contribution in [3.63, 3.8) is 0 Å². The van der Waals surface area contributed by atoms with Gasteiger partial charge in [0.15, 0.2) is 0 Å². The van der Waals surface area contributed by atoms with E-state index in [1.807, 2.05) is 26.0 Å². The number of rotatable bonds is 5. The maximum Gasteiger partial charge on any atom is 0.222 e. The van der Waals surface area contributed by atoms with Crippen LogP contribution in [0.2, 0.25) is 0 Å². The fourth-order valence-electron chi connectivity index (χ4n) is 1.53. The smallest absolute Gasteiger partial charge is 0.222 e. The van der Waals surface area contributed by atoms with Gasteiger partial charge in [-0.15, -0.1) is 0 Å². The maximum absolute atomic E-state index is 5.72. The highest BCUT2D eigenvalue weighted by Crippen LogP contribution is 2.27. The average Bonchev–Trinajstić information content (AvgIpc) is 2.32. The van der Waals surface area contributed by atoms with E-state index in [9.17, 15) is 0 Å². The monoisotopic (exact) mass is 263 g/mol. The van der Waals surface area contributed by atoms with E-state index >= 15 is 0 Å². The van der Waals surface area contributed by atoms with E-state index in [0.717, 1.165) is 23.8 Å². The Morgan fingerprint density at radius 3 is 2.47 bits per heavy atom. The molecule has 0 bridgehead atoms. The SMILES string of the molecule is C/C=C/COc1nc(C(C)(C)C)nc(NCC)c1C. The van der Waals surface area contributed by atoms with Crippen molar-refractivity contribution in [1.82, 2.24) is 9.97 Å². The van der Waals surface area contributed by atoms with Crippen molar-refractivity contribution >= 4 is 5.82 Å². The molecule has 0 aliphatic carbocycles. The average molecular weight is 263 g/mol. The molecular weight excluding hydrogens is 238 g/mol. The van der Waals surface area contributed by atoms with Gasteiger partial charge in [-0.25, -0.2) is 4.98 Å². The molecule has 1 heterocycles. The Kier molecular flexibility index (Phi) is 5.33. The summed E-state index contributed by atoms with van der Waals surface area (Å²) in [6.45, 7) is 13.7. The normalized spacial score (nSPS) is 11.9. The number of ether oxygens (including phenoxy) is 1. The third-order valence-electron chi connectivity index (χ3n) is 2.67. The van der Waals surface area contributed by atoms with Crippen molar-refractivity contribution in [2.24, 2.45) is 0 Å². The number of hydrogen-bond acceptors (Lipinski definition) is 4. The fraction of sp³-hybridized carbons (Fsp3) is 0.600. The van der Waals surface area contributed by atoms with Crippen molar-refractivity contribution < 1.29 is 4.74 Å². The summed E-state index contributed by atoms with van der Waals surface area (Å²) in [4.78, 5) is 9.15. The molecule has 1 N–H and O–H groups in total. The lowest BCUT2D eigenvalue weighted by molar-refractivity contribution is 0.340. The van der Waals surface area contributed by atoms with Crippen molar-refractivity contribution in [3.8, 4) is 5.88 Å². The summed E-state index contributed by atoms with van der Waals surface area (Å²) in [5, 5.41) is 3.27. The summed E-state index contributed by atoms with van der Waals surface area (Å²) in [5.74, 6) is 2.32. The number of hydrogen-bond donors (Lipinski definition) is 1. The summed E-state index contributed by atoms with van der Waals surface area (Å²) in [6, 6.07) is 0. The molecule has 0 saturated carbocycles.